The van der Waals surface area contributed by atoms with E-state index >= 15 is 0 Å². The Hall–Kier alpha value is -1.73. The maximum atomic E-state index is 11.5. The van der Waals surface area contributed by atoms with Gasteiger partial charge in [-0.15, -0.1) is 11.3 Å². The van der Waals surface area contributed by atoms with Crippen molar-refractivity contribution < 1.29 is 9.53 Å². The lowest BCUT2D eigenvalue weighted by atomic mass is 10.0. The number of nitrogens with zero attached hydrogens (tertiary/aromatic N) is 3. The van der Waals surface area contributed by atoms with Crippen LogP contribution < -0.4 is 10.6 Å². The van der Waals surface area contributed by atoms with Gasteiger partial charge in [-0.2, -0.15) is 0 Å². The first-order valence-corrected chi connectivity index (χ1v) is 8.74. The summed E-state index contributed by atoms with van der Waals surface area (Å²) in [7, 11) is 0. The molecule has 7 heteroatoms. The number of amides is 1. The van der Waals surface area contributed by atoms with Crippen LogP contribution in [0.5, 0.6) is 0 Å². The molecule has 0 aromatic carbocycles. The number of thiophene rings is 1. The second-order valence-corrected chi connectivity index (χ2v) is 7.20. The van der Waals surface area contributed by atoms with Crippen molar-refractivity contribution in [2.24, 2.45) is 11.7 Å². The molecule has 1 saturated heterocycles. The lowest BCUT2D eigenvalue weighted by Gasteiger charge is -2.32. The second kappa shape index (κ2) is 6.41. The number of rotatable bonds is 4. The van der Waals surface area contributed by atoms with Crippen LogP contribution in [0.3, 0.4) is 0 Å². The number of hydrogen-bond acceptors (Lipinski definition) is 6. The minimum absolute atomic E-state index is 0.426. The highest BCUT2D eigenvalue weighted by molar-refractivity contribution is 7.17. The molecule has 2 N–H and O–H groups in total. The van der Waals surface area contributed by atoms with Crippen molar-refractivity contribution in [3.05, 3.63) is 16.8 Å². The first-order chi connectivity index (χ1) is 11.0. The Kier molecular flexibility index (Phi) is 4.50. The minimum Gasteiger partial charge on any atom is -0.367 e. The fourth-order valence-corrected chi connectivity index (χ4v) is 3.91. The molecule has 6 nitrogen and oxygen atoms in total. The topological polar surface area (TPSA) is 81.3 Å². The zero-order valence-electron chi connectivity index (χ0n) is 13.7. The van der Waals surface area contributed by atoms with Crippen molar-refractivity contribution >= 4 is 33.3 Å². The molecule has 0 saturated carbocycles. The predicted octanol–water partition coefficient (Wildman–Crippen LogP) is 1.89. The molecule has 0 aliphatic carbocycles. The number of aryl methyl sites for hydroxylation is 1. The van der Waals surface area contributed by atoms with Gasteiger partial charge in [-0.25, -0.2) is 9.97 Å². The first-order valence-electron chi connectivity index (χ1n) is 7.86. The number of carbonyl (C=O) groups is 1. The van der Waals surface area contributed by atoms with E-state index in [9.17, 15) is 4.79 Å². The second-order valence-electron chi connectivity index (χ2n) is 6.34. The number of morpholine rings is 1. The molecular formula is C16H22N4O2S. The summed E-state index contributed by atoms with van der Waals surface area (Å²) in [5, 5.41) is 3.29. The zero-order valence-corrected chi connectivity index (χ0v) is 14.5. The number of fused-ring (bicyclic) bond motifs is 1. The Balaban J connectivity index is 2.04. The molecule has 1 aliphatic heterocycles. The van der Waals surface area contributed by atoms with Crippen molar-refractivity contribution in [1.29, 1.82) is 0 Å². The predicted molar refractivity (Wildman–Crippen MR) is 91.8 cm³/mol. The summed E-state index contributed by atoms with van der Waals surface area (Å²) in [4.78, 5) is 23.8. The third kappa shape index (κ3) is 3.30. The van der Waals surface area contributed by atoms with Crippen molar-refractivity contribution in [2.75, 3.05) is 24.6 Å². The van der Waals surface area contributed by atoms with Gasteiger partial charge in [0.2, 0.25) is 5.91 Å². The highest BCUT2D eigenvalue weighted by Gasteiger charge is 2.28. The number of carbonyl (C=O) groups excluding carboxylic acids is 1. The lowest BCUT2D eigenvalue weighted by Crippen LogP contribution is -2.48. The van der Waals surface area contributed by atoms with Gasteiger partial charge in [0.1, 0.15) is 16.5 Å². The smallest absolute Gasteiger partial charge is 0.248 e. The van der Waals surface area contributed by atoms with E-state index in [2.05, 4.69) is 34.1 Å². The van der Waals surface area contributed by atoms with Gasteiger partial charge in [0.15, 0.2) is 6.10 Å². The molecule has 2 aromatic heterocycles. The van der Waals surface area contributed by atoms with Gasteiger partial charge in [0, 0.05) is 6.54 Å². The Morgan fingerprint density at radius 3 is 3.00 bits per heavy atom. The van der Waals surface area contributed by atoms with E-state index in [-0.39, 0.29) is 0 Å². The van der Waals surface area contributed by atoms with Crippen LogP contribution in [0.25, 0.3) is 10.2 Å². The van der Waals surface area contributed by atoms with Crippen molar-refractivity contribution in [3.8, 4) is 0 Å². The first kappa shape index (κ1) is 16.1. The Morgan fingerprint density at radius 1 is 1.52 bits per heavy atom. The summed E-state index contributed by atoms with van der Waals surface area (Å²) in [5.41, 5.74) is 6.68. The summed E-state index contributed by atoms with van der Waals surface area (Å²) < 4.78 is 5.45. The van der Waals surface area contributed by atoms with E-state index in [1.807, 2.05) is 6.92 Å². The van der Waals surface area contributed by atoms with Crippen LogP contribution in [0.2, 0.25) is 0 Å². The number of anilines is 1. The maximum Gasteiger partial charge on any atom is 0.248 e. The molecule has 3 rings (SSSR count). The molecule has 1 fully saturated rings. The summed E-state index contributed by atoms with van der Waals surface area (Å²) in [5.74, 6) is 1.78. The van der Waals surface area contributed by atoms with E-state index in [0.717, 1.165) is 28.3 Å². The average molecular weight is 334 g/mol. The van der Waals surface area contributed by atoms with Crippen LogP contribution in [-0.4, -0.2) is 41.7 Å². The van der Waals surface area contributed by atoms with Gasteiger partial charge in [-0.1, -0.05) is 13.8 Å². The fourth-order valence-electron chi connectivity index (χ4n) is 2.92. The molecule has 0 bridgehead atoms. The normalized spacial score (nSPS) is 18.8. The number of hydrogen-bond donors (Lipinski definition) is 1. The van der Waals surface area contributed by atoms with Crippen molar-refractivity contribution in [1.82, 2.24) is 9.97 Å². The monoisotopic (exact) mass is 334 g/mol. The van der Waals surface area contributed by atoms with E-state index in [1.54, 1.807) is 11.3 Å². The third-order valence-electron chi connectivity index (χ3n) is 3.91. The third-order valence-corrected chi connectivity index (χ3v) is 4.83. The quantitative estimate of drug-likeness (QED) is 0.923. The number of ether oxygens (including phenoxy) is 1. The standard InChI is InChI=1S/C16H22N4O2S/c1-9(2)6-11-8-23-16-13(11)15(18-10(3)19-16)20-4-5-22-12(7-20)14(17)21/h8-9,12H,4-7H2,1-3H3,(H2,17,21)/t12-/m0/s1. The van der Waals surface area contributed by atoms with Crippen molar-refractivity contribution in [3.63, 3.8) is 0 Å². The van der Waals surface area contributed by atoms with E-state index in [0.29, 0.717) is 25.6 Å². The molecule has 3 heterocycles. The van der Waals surface area contributed by atoms with Gasteiger partial charge >= 0.3 is 0 Å². The summed E-state index contributed by atoms with van der Waals surface area (Å²) in [6, 6.07) is 0. The number of aromatic nitrogens is 2. The molecule has 0 unspecified atom stereocenters. The van der Waals surface area contributed by atoms with Gasteiger partial charge in [0.05, 0.1) is 18.5 Å². The van der Waals surface area contributed by atoms with Crippen LogP contribution >= 0.6 is 11.3 Å². The number of primary amides is 1. The Bertz CT molecular complexity index is 728. The van der Waals surface area contributed by atoms with Gasteiger partial charge in [-0.05, 0) is 30.2 Å². The summed E-state index contributed by atoms with van der Waals surface area (Å²) in [6.07, 6.45) is 0.407. The van der Waals surface area contributed by atoms with Crippen LogP contribution in [0, 0.1) is 12.8 Å². The van der Waals surface area contributed by atoms with Crippen LogP contribution in [0.4, 0.5) is 5.82 Å². The molecular weight excluding hydrogens is 312 g/mol. The lowest BCUT2D eigenvalue weighted by molar-refractivity contribution is -0.130. The summed E-state index contributed by atoms with van der Waals surface area (Å²) in [6.45, 7) is 7.93. The summed E-state index contributed by atoms with van der Waals surface area (Å²) >= 11 is 1.65. The average Bonchev–Trinajstić information content (AvgIpc) is 2.88. The van der Waals surface area contributed by atoms with Gasteiger partial charge in [0.25, 0.3) is 0 Å². The molecule has 1 amide bonds. The maximum absolute atomic E-state index is 11.5. The fraction of sp³-hybridized carbons (Fsp3) is 0.562. The van der Waals surface area contributed by atoms with Crippen LogP contribution in [0.15, 0.2) is 5.38 Å². The molecule has 1 aliphatic rings. The van der Waals surface area contributed by atoms with E-state index in [1.165, 1.54) is 5.56 Å². The van der Waals surface area contributed by atoms with E-state index in [4.69, 9.17) is 10.5 Å². The SMILES string of the molecule is Cc1nc(N2CCO[C@H](C(N)=O)C2)c2c(CC(C)C)csc2n1. The molecule has 0 spiro atoms. The Labute approximate surface area is 139 Å². The molecule has 124 valence electrons. The van der Waals surface area contributed by atoms with Crippen LogP contribution in [0.1, 0.15) is 25.2 Å². The Morgan fingerprint density at radius 2 is 2.30 bits per heavy atom. The van der Waals surface area contributed by atoms with Crippen LogP contribution in [-0.2, 0) is 16.0 Å². The molecule has 1 atom stereocenters. The largest absolute Gasteiger partial charge is 0.367 e. The zero-order chi connectivity index (χ0) is 16.6. The molecule has 2 aromatic rings. The highest BCUT2D eigenvalue weighted by Crippen LogP contribution is 2.34. The van der Waals surface area contributed by atoms with Crippen molar-refractivity contribution in [2.45, 2.75) is 33.3 Å². The van der Waals surface area contributed by atoms with Gasteiger partial charge in [-0.3, -0.25) is 4.79 Å². The minimum atomic E-state index is -0.582. The number of nitrogens with two attached hydrogens (primary N) is 1. The molecule has 0 radical (unpaired) electrons. The highest BCUT2D eigenvalue weighted by atomic mass is 32.1. The van der Waals surface area contributed by atoms with E-state index < -0.39 is 12.0 Å². The molecule has 23 heavy (non-hydrogen) atoms. The van der Waals surface area contributed by atoms with Gasteiger partial charge < -0.3 is 15.4 Å².